The standard InChI is InChI=1S/C15H14S2/c1-2-6-11-7-5-10-14-15(11)17-13-9-4-3-8-12(13)16-14/h3-5,7-10H,2,6H2,1H3. The molecule has 0 bridgehead atoms. The van der Waals surface area contributed by atoms with Crippen molar-refractivity contribution in [3.63, 3.8) is 0 Å². The van der Waals surface area contributed by atoms with Gasteiger partial charge in [0.25, 0.3) is 0 Å². The molecule has 17 heavy (non-hydrogen) atoms. The highest BCUT2D eigenvalue weighted by Gasteiger charge is 2.18. The highest BCUT2D eigenvalue weighted by molar-refractivity contribution is 8.05. The first-order valence-corrected chi connectivity index (χ1v) is 7.58. The van der Waals surface area contributed by atoms with Crippen LogP contribution in [-0.4, -0.2) is 0 Å². The number of fused-ring (bicyclic) bond motifs is 2. The molecule has 0 nitrogen and oxygen atoms in total. The van der Waals surface area contributed by atoms with E-state index in [0.29, 0.717) is 0 Å². The molecule has 86 valence electrons. The number of hydrogen-bond acceptors (Lipinski definition) is 2. The summed E-state index contributed by atoms with van der Waals surface area (Å²) >= 11 is 3.83. The van der Waals surface area contributed by atoms with Crippen LogP contribution in [0.4, 0.5) is 0 Å². The van der Waals surface area contributed by atoms with Crippen molar-refractivity contribution in [3.05, 3.63) is 48.0 Å². The minimum absolute atomic E-state index is 1.18. The van der Waals surface area contributed by atoms with E-state index >= 15 is 0 Å². The van der Waals surface area contributed by atoms with Crippen LogP contribution in [0.3, 0.4) is 0 Å². The molecule has 0 fully saturated rings. The summed E-state index contributed by atoms with van der Waals surface area (Å²) in [7, 11) is 0. The Balaban J connectivity index is 2.05. The van der Waals surface area contributed by atoms with Crippen molar-refractivity contribution in [1.29, 1.82) is 0 Å². The van der Waals surface area contributed by atoms with Gasteiger partial charge >= 0.3 is 0 Å². The van der Waals surface area contributed by atoms with Gasteiger partial charge < -0.3 is 0 Å². The quantitative estimate of drug-likeness (QED) is 0.615. The number of benzene rings is 2. The van der Waals surface area contributed by atoms with E-state index in [0.717, 1.165) is 0 Å². The SMILES string of the molecule is CCCc1cccc2c1Sc1ccccc1S2. The fourth-order valence-electron chi connectivity index (χ4n) is 2.07. The smallest absolute Gasteiger partial charge is 0.0294 e. The number of aryl methyl sites for hydroxylation is 1. The second kappa shape index (κ2) is 4.79. The summed E-state index contributed by atoms with van der Waals surface area (Å²) in [6.45, 7) is 2.24. The van der Waals surface area contributed by atoms with Crippen LogP contribution in [0.25, 0.3) is 0 Å². The van der Waals surface area contributed by atoms with Crippen molar-refractivity contribution in [1.82, 2.24) is 0 Å². The Labute approximate surface area is 111 Å². The second-order valence-corrected chi connectivity index (χ2v) is 6.28. The van der Waals surface area contributed by atoms with Crippen LogP contribution >= 0.6 is 23.5 Å². The van der Waals surface area contributed by atoms with Crippen molar-refractivity contribution in [2.75, 3.05) is 0 Å². The average Bonchev–Trinajstić information content (AvgIpc) is 2.37. The topological polar surface area (TPSA) is 0 Å². The molecule has 0 saturated carbocycles. The summed E-state index contributed by atoms with van der Waals surface area (Å²) in [6, 6.07) is 15.4. The summed E-state index contributed by atoms with van der Waals surface area (Å²) in [6.07, 6.45) is 2.39. The monoisotopic (exact) mass is 258 g/mol. The molecule has 2 aromatic carbocycles. The van der Waals surface area contributed by atoms with Gasteiger partial charge in [-0.3, -0.25) is 0 Å². The van der Waals surface area contributed by atoms with E-state index in [-0.39, 0.29) is 0 Å². The third-order valence-electron chi connectivity index (χ3n) is 2.86. The van der Waals surface area contributed by atoms with Gasteiger partial charge in [-0.2, -0.15) is 0 Å². The van der Waals surface area contributed by atoms with Crippen LogP contribution < -0.4 is 0 Å². The van der Waals surface area contributed by atoms with Gasteiger partial charge in [0.2, 0.25) is 0 Å². The Bertz CT molecular complexity index is 546. The predicted molar refractivity (Wildman–Crippen MR) is 75.1 cm³/mol. The van der Waals surface area contributed by atoms with Crippen LogP contribution in [-0.2, 0) is 6.42 Å². The van der Waals surface area contributed by atoms with Gasteiger partial charge in [0, 0.05) is 19.6 Å². The van der Waals surface area contributed by atoms with Gasteiger partial charge in [-0.05, 0) is 30.2 Å². The molecule has 0 radical (unpaired) electrons. The maximum Gasteiger partial charge on any atom is 0.0294 e. The van der Waals surface area contributed by atoms with E-state index in [1.807, 2.05) is 23.5 Å². The van der Waals surface area contributed by atoms with Gasteiger partial charge in [-0.25, -0.2) is 0 Å². The molecule has 1 aliphatic heterocycles. The summed E-state index contributed by atoms with van der Waals surface area (Å²) in [5.41, 5.74) is 1.50. The van der Waals surface area contributed by atoms with E-state index in [1.54, 1.807) is 0 Å². The van der Waals surface area contributed by atoms with Gasteiger partial charge in [-0.15, -0.1) is 0 Å². The highest BCUT2D eigenvalue weighted by Crippen LogP contribution is 2.49. The zero-order valence-electron chi connectivity index (χ0n) is 9.77. The molecule has 3 rings (SSSR count). The first kappa shape index (κ1) is 11.2. The van der Waals surface area contributed by atoms with E-state index in [1.165, 1.54) is 38.0 Å². The lowest BCUT2D eigenvalue weighted by atomic mass is 10.1. The Kier molecular flexibility index (Phi) is 3.17. The first-order chi connectivity index (χ1) is 8.38. The van der Waals surface area contributed by atoms with Crippen LogP contribution in [0, 0.1) is 0 Å². The molecule has 1 aliphatic rings. The predicted octanol–water partition coefficient (Wildman–Crippen LogP) is 5.25. The van der Waals surface area contributed by atoms with Crippen molar-refractivity contribution < 1.29 is 0 Å². The zero-order valence-corrected chi connectivity index (χ0v) is 11.4. The molecule has 0 unspecified atom stereocenters. The molecule has 0 atom stereocenters. The molecular weight excluding hydrogens is 244 g/mol. The Morgan fingerprint density at radius 2 is 1.53 bits per heavy atom. The lowest BCUT2D eigenvalue weighted by Gasteiger charge is -2.20. The maximum absolute atomic E-state index is 2.27. The Morgan fingerprint density at radius 3 is 2.29 bits per heavy atom. The molecule has 0 spiro atoms. The van der Waals surface area contributed by atoms with Crippen molar-refractivity contribution in [2.45, 2.75) is 39.3 Å². The maximum atomic E-state index is 2.27. The fraction of sp³-hybridized carbons (Fsp3) is 0.200. The van der Waals surface area contributed by atoms with E-state index in [4.69, 9.17) is 0 Å². The Morgan fingerprint density at radius 1 is 0.824 bits per heavy atom. The van der Waals surface area contributed by atoms with Crippen LogP contribution in [0.1, 0.15) is 18.9 Å². The molecule has 1 heterocycles. The Hall–Kier alpha value is -0.860. The molecule has 0 amide bonds. The van der Waals surface area contributed by atoms with E-state index in [2.05, 4.69) is 49.4 Å². The largest absolute Gasteiger partial charge is 0.0877 e. The van der Waals surface area contributed by atoms with Crippen molar-refractivity contribution in [3.8, 4) is 0 Å². The van der Waals surface area contributed by atoms with Gasteiger partial charge in [0.15, 0.2) is 0 Å². The van der Waals surface area contributed by atoms with Gasteiger partial charge in [0.1, 0.15) is 0 Å². The lowest BCUT2D eigenvalue weighted by Crippen LogP contribution is -1.94. The third kappa shape index (κ3) is 2.12. The zero-order chi connectivity index (χ0) is 11.7. The summed E-state index contributed by atoms with van der Waals surface area (Å²) < 4.78 is 0. The summed E-state index contributed by atoms with van der Waals surface area (Å²) in [4.78, 5) is 5.67. The normalized spacial score (nSPS) is 13.0. The minimum Gasteiger partial charge on any atom is -0.0877 e. The van der Waals surface area contributed by atoms with Crippen LogP contribution in [0.2, 0.25) is 0 Å². The molecule has 0 aliphatic carbocycles. The second-order valence-electron chi connectivity index (χ2n) is 4.15. The molecular formula is C15H14S2. The van der Waals surface area contributed by atoms with Crippen molar-refractivity contribution >= 4 is 23.5 Å². The molecule has 2 aromatic rings. The highest BCUT2D eigenvalue weighted by atomic mass is 32.2. The number of hydrogen-bond donors (Lipinski definition) is 0. The summed E-state index contributed by atoms with van der Waals surface area (Å²) in [5, 5.41) is 0. The van der Waals surface area contributed by atoms with Crippen LogP contribution in [0.5, 0.6) is 0 Å². The van der Waals surface area contributed by atoms with Crippen LogP contribution in [0.15, 0.2) is 62.0 Å². The molecule has 0 saturated heterocycles. The van der Waals surface area contributed by atoms with E-state index < -0.39 is 0 Å². The van der Waals surface area contributed by atoms with Gasteiger partial charge in [-0.1, -0.05) is 61.1 Å². The lowest BCUT2D eigenvalue weighted by molar-refractivity contribution is 0.886. The van der Waals surface area contributed by atoms with E-state index in [9.17, 15) is 0 Å². The molecule has 0 aromatic heterocycles. The molecule has 0 N–H and O–H groups in total. The fourth-order valence-corrected chi connectivity index (χ4v) is 4.50. The first-order valence-electron chi connectivity index (χ1n) is 5.95. The van der Waals surface area contributed by atoms with Gasteiger partial charge in [0.05, 0.1) is 0 Å². The summed E-state index contributed by atoms with van der Waals surface area (Å²) in [5.74, 6) is 0. The third-order valence-corrected chi connectivity index (χ3v) is 5.52. The number of rotatable bonds is 2. The minimum atomic E-state index is 1.18. The van der Waals surface area contributed by atoms with Crippen molar-refractivity contribution in [2.24, 2.45) is 0 Å². The molecule has 2 heteroatoms. The average molecular weight is 258 g/mol.